The normalized spacial score (nSPS) is 19.8. The summed E-state index contributed by atoms with van der Waals surface area (Å²) in [5, 5.41) is 10.4. The molecule has 0 saturated heterocycles. The fraction of sp³-hybridized carbons (Fsp3) is 0.333. The predicted molar refractivity (Wildman–Crippen MR) is 44.6 cm³/mol. The van der Waals surface area contributed by atoms with Gasteiger partial charge in [0.1, 0.15) is 0 Å². The lowest BCUT2D eigenvalue weighted by molar-refractivity contribution is 0.151. The molecule has 0 spiro atoms. The van der Waals surface area contributed by atoms with E-state index in [0.717, 1.165) is 18.4 Å². The highest BCUT2D eigenvalue weighted by atomic mass is 35.5. The number of benzene rings is 1. The van der Waals surface area contributed by atoms with Crippen molar-refractivity contribution in [2.24, 2.45) is 0 Å². The van der Waals surface area contributed by atoms with Crippen molar-refractivity contribution in [1.82, 2.24) is 0 Å². The monoisotopic (exact) mass is 168 g/mol. The number of rotatable bonds is 1. The van der Waals surface area contributed by atoms with Crippen molar-refractivity contribution in [3.05, 3.63) is 34.9 Å². The molecule has 0 aromatic heterocycles. The lowest BCUT2D eigenvalue weighted by Crippen LogP contribution is -2.04. The molecule has 1 aliphatic rings. The van der Waals surface area contributed by atoms with Crippen molar-refractivity contribution in [2.45, 2.75) is 18.4 Å². The Hall–Kier alpha value is -0.530. The molecule has 0 heterocycles. The highest BCUT2D eigenvalue weighted by Gasteiger charge is 2.43. The van der Waals surface area contributed by atoms with Gasteiger partial charge in [0.15, 0.2) is 0 Å². The van der Waals surface area contributed by atoms with E-state index in [1.165, 1.54) is 0 Å². The van der Waals surface area contributed by atoms with Gasteiger partial charge >= 0.3 is 0 Å². The van der Waals surface area contributed by atoms with Crippen LogP contribution in [0.2, 0.25) is 5.02 Å². The van der Waals surface area contributed by atoms with Crippen LogP contribution in [0.3, 0.4) is 0 Å². The third-order valence-electron chi connectivity index (χ3n) is 2.10. The number of halogens is 1. The molecule has 1 nitrogen and oxygen atoms in total. The molecule has 1 aromatic rings. The van der Waals surface area contributed by atoms with Crippen molar-refractivity contribution >= 4 is 11.6 Å². The van der Waals surface area contributed by atoms with Gasteiger partial charge in [-0.3, -0.25) is 0 Å². The van der Waals surface area contributed by atoms with E-state index >= 15 is 0 Å². The van der Waals surface area contributed by atoms with Crippen molar-refractivity contribution < 1.29 is 5.11 Å². The average Bonchev–Trinajstić information content (AvgIpc) is 2.70. The SMILES string of the molecule is OC1(c2ccccc2Cl)CC1. The molecule has 0 bridgehead atoms. The Morgan fingerprint density at radius 2 is 1.91 bits per heavy atom. The molecule has 58 valence electrons. The second-order valence-corrected chi connectivity index (χ2v) is 3.42. The van der Waals surface area contributed by atoms with Crippen LogP contribution in [-0.2, 0) is 5.60 Å². The summed E-state index contributed by atoms with van der Waals surface area (Å²) in [6.07, 6.45) is 1.69. The first-order chi connectivity index (χ1) is 5.22. The Kier molecular flexibility index (Phi) is 1.44. The minimum absolute atomic E-state index is 0.599. The van der Waals surface area contributed by atoms with Crippen LogP contribution in [0.5, 0.6) is 0 Å². The quantitative estimate of drug-likeness (QED) is 0.683. The van der Waals surface area contributed by atoms with Crippen LogP contribution >= 0.6 is 11.6 Å². The molecule has 2 heteroatoms. The van der Waals surface area contributed by atoms with Crippen LogP contribution in [0, 0.1) is 0 Å². The largest absolute Gasteiger partial charge is 0.385 e. The number of aliphatic hydroxyl groups is 1. The molecule has 1 fully saturated rings. The Balaban J connectivity index is 2.45. The van der Waals surface area contributed by atoms with Crippen molar-refractivity contribution in [3.63, 3.8) is 0 Å². The first-order valence-electron chi connectivity index (χ1n) is 3.70. The Morgan fingerprint density at radius 3 is 2.45 bits per heavy atom. The maximum atomic E-state index is 9.70. The van der Waals surface area contributed by atoms with Gasteiger partial charge in [-0.05, 0) is 18.9 Å². The Bertz CT molecular complexity index is 279. The summed E-state index contributed by atoms with van der Waals surface area (Å²) in [6, 6.07) is 7.47. The summed E-state index contributed by atoms with van der Waals surface area (Å²) in [6.45, 7) is 0. The summed E-state index contributed by atoms with van der Waals surface area (Å²) >= 11 is 5.89. The van der Waals surface area contributed by atoms with Gasteiger partial charge in [-0.2, -0.15) is 0 Å². The van der Waals surface area contributed by atoms with E-state index < -0.39 is 5.60 Å². The molecule has 0 amide bonds. The van der Waals surface area contributed by atoms with Crippen molar-refractivity contribution in [3.8, 4) is 0 Å². The molecule has 0 atom stereocenters. The molecule has 0 unspecified atom stereocenters. The average molecular weight is 169 g/mol. The van der Waals surface area contributed by atoms with Crippen molar-refractivity contribution in [1.29, 1.82) is 0 Å². The zero-order valence-electron chi connectivity index (χ0n) is 6.05. The summed E-state index contributed by atoms with van der Waals surface area (Å²) in [5.41, 5.74) is 0.278. The molecule has 0 radical (unpaired) electrons. The standard InChI is InChI=1S/C9H9ClO/c10-8-4-2-1-3-7(8)9(11)5-6-9/h1-4,11H,5-6H2. The summed E-state index contributed by atoms with van der Waals surface area (Å²) < 4.78 is 0. The minimum atomic E-state index is -0.599. The summed E-state index contributed by atoms with van der Waals surface area (Å²) in [7, 11) is 0. The second kappa shape index (κ2) is 2.23. The third-order valence-corrected chi connectivity index (χ3v) is 2.43. The van der Waals surface area contributed by atoms with Gasteiger partial charge < -0.3 is 5.11 Å². The zero-order valence-corrected chi connectivity index (χ0v) is 6.80. The van der Waals surface area contributed by atoms with E-state index in [2.05, 4.69) is 0 Å². The highest BCUT2D eigenvalue weighted by Crippen LogP contribution is 2.47. The van der Waals surface area contributed by atoms with Gasteiger partial charge in [-0.25, -0.2) is 0 Å². The van der Waals surface area contributed by atoms with Gasteiger partial charge in [0.05, 0.1) is 5.60 Å². The molecule has 1 aromatic carbocycles. The fourth-order valence-electron chi connectivity index (χ4n) is 1.23. The Labute approximate surface area is 70.6 Å². The second-order valence-electron chi connectivity index (χ2n) is 3.01. The van der Waals surface area contributed by atoms with Gasteiger partial charge in [0.25, 0.3) is 0 Å². The predicted octanol–water partition coefficient (Wildman–Crippen LogP) is 2.32. The highest BCUT2D eigenvalue weighted by molar-refractivity contribution is 6.31. The van der Waals surface area contributed by atoms with Gasteiger partial charge in [0, 0.05) is 10.6 Å². The van der Waals surface area contributed by atoms with E-state index in [1.807, 2.05) is 24.3 Å². The Morgan fingerprint density at radius 1 is 1.27 bits per heavy atom. The first-order valence-corrected chi connectivity index (χ1v) is 4.08. The first kappa shape index (κ1) is 7.14. The molecule has 1 N–H and O–H groups in total. The maximum Gasteiger partial charge on any atom is 0.0913 e. The lowest BCUT2D eigenvalue weighted by Gasteiger charge is -2.08. The molecule has 11 heavy (non-hydrogen) atoms. The van der Waals surface area contributed by atoms with E-state index in [0.29, 0.717) is 5.02 Å². The topological polar surface area (TPSA) is 20.2 Å². The maximum absolute atomic E-state index is 9.70. The minimum Gasteiger partial charge on any atom is -0.385 e. The van der Waals surface area contributed by atoms with E-state index in [4.69, 9.17) is 11.6 Å². The molecule has 0 aliphatic heterocycles. The molecular formula is C9H9ClO. The molecule has 2 rings (SSSR count). The van der Waals surface area contributed by atoms with Crippen LogP contribution in [-0.4, -0.2) is 5.11 Å². The van der Waals surface area contributed by atoms with E-state index in [-0.39, 0.29) is 0 Å². The van der Waals surface area contributed by atoms with Gasteiger partial charge in [-0.1, -0.05) is 29.8 Å². The summed E-state index contributed by atoms with van der Waals surface area (Å²) in [4.78, 5) is 0. The van der Waals surface area contributed by atoms with Crippen molar-refractivity contribution in [2.75, 3.05) is 0 Å². The number of hydrogen-bond acceptors (Lipinski definition) is 1. The third kappa shape index (κ3) is 1.15. The number of hydrogen-bond donors (Lipinski definition) is 1. The summed E-state index contributed by atoms with van der Waals surface area (Å²) in [5.74, 6) is 0. The lowest BCUT2D eigenvalue weighted by atomic mass is 10.1. The van der Waals surface area contributed by atoms with Crippen LogP contribution in [0.4, 0.5) is 0 Å². The van der Waals surface area contributed by atoms with Crippen LogP contribution in [0.1, 0.15) is 18.4 Å². The van der Waals surface area contributed by atoms with Gasteiger partial charge in [0.2, 0.25) is 0 Å². The van der Waals surface area contributed by atoms with Crippen LogP contribution in [0.15, 0.2) is 24.3 Å². The smallest absolute Gasteiger partial charge is 0.0913 e. The molecule has 1 aliphatic carbocycles. The fourth-order valence-corrected chi connectivity index (χ4v) is 1.54. The van der Waals surface area contributed by atoms with E-state index in [9.17, 15) is 5.11 Å². The van der Waals surface area contributed by atoms with Crippen LogP contribution < -0.4 is 0 Å². The van der Waals surface area contributed by atoms with Gasteiger partial charge in [-0.15, -0.1) is 0 Å². The molecule has 1 saturated carbocycles. The van der Waals surface area contributed by atoms with Crippen LogP contribution in [0.25, 0.3) is 0 Å². The molecular weight excluding hydrogens is 160 g/mol. The van der Waals surface area contributed by atoms with E-state index in [1.54, 1.807) is 0 Å². The zero-order chi connectivity index (χ0) is 7.90.